The van der Waals surface area contributed by atoms with Crippen LogP contribution in [-0.4, -0.2) is 17.7 Å². The number of aliphatic carboxylic acids is 1. The predicted octanol–water partition coefficient (Wildman–Crippen LogP) is 4.39. The molecule has 3 heteroatoms. The summed E-state index contributed by atoms with van der Waals surface area (Å²) in [5.74, 6) is 0.949. The number of carboxylic acid groups (broad SMARTS) is 1. The first kappa shape index (κ1) is 15.9. The largest absolute Gasteiger partial charge is 0.493 e. The predicted molar refractivity (Wildman–Crippen MR) is 83.8 cm³/mol. The fraction of sp³-hybridized carbons (Fsp3) is 0.611. The van der Waals surface area contributed by atoms with E-state index in [1.807, 2.05) is 0 Å². The molecule has 3 atom stereocenters. The third-order valence-corrected chi connectivity index (χ3v) is 4.39. The summed E-state index contributed by atoms with van der Waals surface area (Å²) in [4.78, 5) is 11.0. The number of rotatable bonds is 8. The molecule has 3 unspecified atom stereocenters. The van der Waals surface area contributed by atoms with Crippen molar-refractivity contribution in [3.63, 3.8) is 0 Å². The molecular weight excluding hydrogens is 264 g/mol. The molecule has 0 heterocycles. The van der Waals surface area contributed by atoms with Gasteiger partial charge in [0.1, 0.15) is 5.75 Å². The van der Waals surface area contributed by atoms with Gasteiger partial charge in [0.05, 0.1) is 12.5 Å². The molecule has 0 spiro atoms. The second kappa shape index (κ2) is 6.97. The lowest BCUT2D eigenvalue weighted by atomic mass is 9.89. The Morgan fingerprint density at radius 2 is 2.19 bits per heavy atom. The Morgan fingerprint density at radius 3 is 2.76 bits per heavy atom. The van der Waals surface area contributed by atoms with Gasteiger partial charge >= 0.3 is 5.97 Å². The number of ether oxygens (including phenoxy) is 1. The van der Waals surface area contributed by atoms with E-state index in [0.717, 1.165) is 38.0 Å². The van der Waals surface area contributed by atoms with Gasteiger partial charge in [-0.15, -0.1) is 0 Å². The monoisotopic (exact) mass is 290 g/mol. The van der Waals surface area contributed by atoms with Crippen molar-refractivity contribution in [1.82, 2.24) is 0 Å². The smallest absolute Gasteiger partial charge is 0.306 e. The van der Waals surface area contributed by atoms with Gasteiger partial charge < -0.3 is 9.84 Å². The maximum atomic E-state index is 11.0. The Hall–Kier alpha value is -1.51. The molecule has 0 saturated heterocycles. The van der Waals surface area contributed by atoms with Crippen LogP contribution in [0.25, 0.3) is 0 Å². The van der Waals surface area contributed by atoms with Crippen molar-refractivity contribution < 1.29 is 14.6 Å². The zero-order valence-corrected chi connectivity index (χ0v) is 13.3. The molecule has 1 fully saturated rings. The first-order valence-electron chi connectivity index (χ1n) is 8.02. The van der Waals surface area contributed by atoms with E-state index in [4.69, 9.17) is 9.84 Å². The fourth-order valence-corrected chi connectivity index (χ4v) is 3.02. The minimum absolute atomic E-state index is 0.121. The Kier molecular flexibility index (Phi) is 5.27. The second-order valence-corrected chi connectivity index (χ2v) is 6.17. The normalized spacial score (nSPS) is 21.9. The standard InChI is InChI=1S/C18H26O3/c1-4-8-21-17-7-6-12(3)9-15(17)13(5-2)10-14-11-16(14)18(19)20/h6-7,9,13-14,16H,4-5,8,10-11H2,1-3H3,(H,19,20). The van der Waals surface area contributed by atoms with Gasteiger partial charge in [0.2, 0.25) is 0 Å². The quantitative estimate of drug-likeness (QED) is 0.772. The third-order valence-electron chi connectivity index (χ3n) is 4.39. The SMILES string of the molecule is CCCOc1ccc(C)cc1C(CC)CC1CC1C(=O)O. The van der Waals surface area contributed by atoms with Crippen molar-refractivity contribution in [3.8, 4) is 5.75 Å². The molecule has 21 heavy (non-hydrogen) atoms. The Bertz CT molecular complexity index is 495. The fourth-order valence-electron chi connectivity index (χ4n) is 3.02. The van der Waals surface area contributed by atoms with Gasteiger partial charge in [0.15, 0.2) is 0 Å². The number of carbonyl (C=O) groups is 1. The zero-order chi connectivity index (χ0) is 15.4. The Labute approximate surface area is 127 Å². The molecule has 1 aliphatic carbocycles. The van der Waals surface area contributed by atoms with Crippen molar-refractivity contribution in [2.24, 2.45) is 11.8 Å². The highest BCUT2D eigenvalue weighted by molar-refractivity contribution is 5.73. The highest BCUT2D eigenvalue weighted by atomic mass is 16.5. The van der Waals surface area contributed by atoms with Crippen molar-refractivity contribution in [2.75, 3.05) is 6.61 Å². The summed E-state index contributed by atoms with van der Waals surface area (Å²) in [6.45, 7) is 7.10. The number of benzene rings is 1. The molecule has 0 aromatic heterocycles. The number of carboxylic acids is 1. The molecule has 0 bridgehead atoms. The van der Waals surface area contributed by atoms with E-state index < -0.39 is 5.97 Å². The van der Waals surface area contributed by atoms with Crippen molar-refractivity contribution in [3.05, 3.63) is 29.3 Å². The van der Waals surface area contributed by atoms with E-state index in [-0.39, 0.29) is 5.92 Å². The van der Waals surface area contributed by atoms with Gasteiger partial charge in [-0.1, -0.05) is 31.5 Å². The average molecular weight is 290 g/mol. The highest BCUT2D eigenvalue weighted by Crippen LogP contribution is 2.47. The number of aryl methyl sites for hydroxylation is 1. The lowest BCUT2D eigenvalue weighted by molar-refractivity contribution is -0.138. The Morgan fingerprint density at radius 1 is 1.43 bits per heavy atom. The highest BCUT2D eigenvalue weighted by Gasteiger charge is 2.44. The van der Waals surface area contributed by atoms with Crippen LogP contribution in [-0.2, 0) is 4.79 Å². The summed E-state index contributed by atoms with van der Waals surface area (Å²) in [5.41, 5.74) is 2.49. The molecule has 1 aliphatic rings. The zero-order valence-electron chi connectivity index (χ0n) is 13.3. The van der Waals surface area contributed by atoms with E-state index in [1.54, 1.807) is 0 Å². The lowest BCUT2D eigenvalue weighted by Gasteiger charge is -2.20. The molecule has 0 radical (unpaired) electrons. The van der Waals surface area contributed by atoms with Crippen LogP contribution in [0.2, 0.25) is 0 Å². The topological polar surface area (TPSA) is 46.5 Å². The van der Waals surface area contributed by atoms with Crippen LogP contribution in [0.15, 0.2) is 18.2 Å². The van der Waals surface area contributed by atoms with E-state index >= 15 is 0 Å². The summed E-state index contributed by atoms with van der Waals surface area (Å²) in [6.07, 6.45) is 3.81. The maximum Gasteiger partial charge on any atom is 0.306 e. The molecule has 1 N–H and O–H groups in total. The van der Waals surface area contributed by atoms with Crippen LogP contribution in [0.3, 0.4) is 0 Å². The summed E-state index contributed by atoms with van der Waals surface area (Å²) in [5, 5.41) is 9.07. The van der Waals surface area contributed by atoms with E-state index in [9.17, 15) is 4.79 Å². The minimum atomic E-state index is -0.637. The van der Waals surface area contributed by atoms with Crippen LogP contribution in [0.5, 0.6) is 5.75 Å². The lowest BCUT2D eigenvalue weighted by Crippen LogP contribution is -2.07. The first-order chi connectivity index (χ1) is 10.1. The molecule has 1 aromatic carbocycles. The molecular formula is C18H26O3. The van der Waals surface area contributed by atoms with Crippen molar-refractivity contribution >= 4 is 5.97 Å². The summed E-state index contributed by atoms with van der Waals surface area (Å²) < 4.78 is 5.88. The molecule has 1 saturated carbocycles. The third kappa shape index (κ3) is 3.99. The van der Waals surface area contributed by atoms with Gasteiger partial charge in [-0.05, 0) is 56.1 Å². The van der Waals surface area contributed by atoms with E-state index in [1.165, 1.54) is 11.1 Å². The molecule has 0 amide bonds. The van der Waals surface area contributed by atoms with Gasteiger partial charge in [0, 0.05) is 0 Å². The average Bonchev–Trinajstić information content (AvgIpc) is 3.23. The molecule has 116 valence electrons. The summed E-state index contributed by atoms with van der Waals surface area (Å²) >= 11 is 0. The number of hydrogen-bond donors (Lipinski definition) is 1. The van der Waals surface area contributed by atoms with Gasteiger partial charge in [-0.3, -0.25) is 4.79 Å². The van der Waals surface area contributed by atoms with Crippen LogP contribution < -0.4 is 4.74 Å². The van der Waals surface area contributed by atoms with Gasteiger partial charge in [0.25, 0.3) is 0 Å². The van der Waals surface area contributed by atoms with Crippen LogP contribution in [0, 0.1) is 18.8 Å². The van der Waals surface area contributed by atoms with E-state index in [0.29, 0.717) is 11.8 Å². The molecule has 3 nitrogen and oxygen atoms in total. The number of hydrogen-bond acceptors (Lipinski definition) is 2. The van der Waals surface area contributed by atoms with Crippen molar-refractivity contribution in [1.29, 1.82) is 0 Å². The molecule has 1 aromatic rings. The first-order valence-corrected chi connectivity index (χ1v) is 8.02. The summed E-state index contributed by atoms with van der Waals surface area (Å²) in [7, 11) is 0. The molecule has 2 rings (SSSR count). The van der Waals surface area contributed by atoms with Crippen molar-refractivity contribution in [2.45, 2.75) is 52.4 Å². The summed E-state index contributed by atoms with van der Waals surface area (Å²) in [6, 6.07) is 6.35. The maximum absolute atomic E-state index is 11.0. The van der Waals surface area contributed by atoms with Crippen LogP contribution in [0.4, 0.5) is 0 Å². The van der Waals surface area contributed by atoms with E-state index in [2.05, 4.69) is 39.0 Å². The van der Waals surface area contributed by atoms with Crippen LogP contribution in [0.1, 0.15) is 56.6 Å². The second-order valence-electron chi connectivity index (χ2n) is 6.17. The molecule has 0 aliphatic heterocycles. The van der Waals surface area contributed by atoms with Gasteiger partial charge in [-0.2, -0.15) is 0 Å². The minimum Gasteiger partial charge on any atom is -0.493 e. The Balaban J connectivity index is 2.12. The van der Waals surface area contributed by atoms with Crippen LogP contribution >= 0.6 is 0 Å². The van der Waals surface area contributed by atoms with Gasteiger partial charge in [-0.25, -0.2) is 0 Å².